The predicted molar refractivity (Wildman–Crippen MR) is 87.8 cm³/mol. The van der Waals surface area contributed by atoms with E-state index in [1.807, 2.05) is 12.1 Å². The van der Waals surface area contributed by atoms with Crippen LogP contribution in [0.3, 0.4) is 0 Å². The highest BCUT2D eigenvalue weighted by Gasteiger charge is 2.17. The third kappa shape index (κ3) is 4.51. The molecule has 0 radical (unpaired) electrons. The van der Waals surface area contributed by atoms with Gasteiger partial charge >= 0.3 is 0 Å². The lowest BCUT2D eigenvalue weighted by molar-refractivity contribution is 0.277. The molecule has 0 aromatic heterocycles. The summed E-state index contributed by atoms with van der Waals surface area (Å²) < 4.78 is 0. The third-order valence-corrected chi connectivity index (χ3v) is 3.89. The standard InChI is InChI=1S/C16H24ClN3/c1-3-18-12-14(2)13-19-8-10-20(11-9-19)16-6-4-15(17)5-7-16/h4-7,18H,2-3,8-13H2,1H3. The summed E-state index contributed by atoms with van der Waals surface area (Å²) in [5.74, 6) is 0. The van der Waals surface area contributed by atoms with E-state index in [9.17, 15) is 0 Å². The second kappa shape index (κ2) is 7.67. The van der Waals surface area contributed by atoms with Crippen molar-refractivity contribution in [3.05, 3.63) is 41.4 Å². The Bertz CT molecular complexity index is 422. The highest BCUT2D eigenvalue weighted by atomic mass is 35.5. The molecule has 1 aliphatic rings. The van der Waals surface area contributed by atoms with E-state index in [2.05, 4.69) is 40.8 Å². The molecule has 20 heavy (non-hydrogen) atoms. The van der Waals surface area contributed by atoms with E-state index in [-0.39, 0.29) is 0 Å². The summed E-state index contributed by atoms with van der Waals surface area (Å²) in [6, 6.07) is 8.12. The number of piperazine rings is 1. The summed E-state index contributed by atoms with van der Waals surface area (Å²) in [7, 11) is 0. The van der Waals surface area contributed by atoms with Crippen LogP contribution < -0.4 is 10.2 Å². The number of rotatable bonds is 6. The molecule has 1 N–H and O–H groups in total. The van der Waals surface area contributed by atoms with Crippen molar-refractivity contribution < 1.29 is 0 Å². The molecule has 1 aromatic rings. The van der Waals surface area contributed by atoms with Gasteiger partial charge in [0.15, 0.2) is 0 Å². The molecule has 0 amide bonds. The van der Waals surface area contributed by atoms with Crippen LogP contribution in [0, 0.1) is 0 Å². The zero-order valence-corrected chi connectivity index (χ0v) is 13.0. The molecule has 1 saturated heterocycles. The van der Waals surface area contributed by atoms with Crippen LogP contribution in [0.25, 0.3) is 0 Å². The number of anilines is 1. The van der Waals surface area contributed by atoms with Crippen LogP contribution in [0.2, 0.25) is 5.02 Å². The van der Waals surface area contributed by atoms with Crippen LogP contribution in [-0.2, 0) is 0 Å². The van der Waals surface area contributed by atoms with Gasteiger partial charge in [-0.15, -0.1) is 0 Å². The van der Waals surface area contributed by atoms with Crippen molar-refractivity contribution in [1.29, 1.82) is 0 Å². The first-order valence-electron chi connectivity index (χ1n) is 7.29. The van der Waals surface area contributed by atoms with Crippen molar-refractivity contribution in [2.45, 2.75) is 6.92 Å². The molecule has 0 unspecified atom stereocenters. The molecule has 0 saturated carbocycles. The van der Waals surface area contributed by atoms with Crippen molar-refractivity contribution in [3.8, 4) is 0 Å². The minimum Gasteiger partial charge on any atom is -0.369 e. The minimum atomic E-state index is 0.798. The number of nitrogens with zero attached hydrogens (tertiary/aromatic N) is 2. The predicted octanol–water partition coefficient (Wildman–Crippen LogP) is 2.63. The quantitative estimate of drug-likeness (QED) is 0.814. The average Bonchev–Trinajstić information content (AvgIpc) is 2.47. The van der Waals surface area contributed by atoms with Crippen molar-refractivity contribution in [1.82, 2.24) is 10.2 Å². The Kier molecular flexibility index (Phi) is 5.89. The Morgan fingerprint density at radius 1 is 1.20 bits per heavy atom. The van der Waals surface area contributed by atoms with Crippen molar-refractivity contribution in [2.75, 3.05) is 50.7 Å². The first kappa shape index (κ1) is 15.4. The van der Waals surface area contributed by atoms with E-state index in [0.29, 0.717) is 0 Å². The van der Waals surface area contributed by atoms with Gasteiger partial charge in [0.25, 0.3) is 0 Å². The highest BCUT2D eigenvalue weighted by Crippen LogP contribution is 2.19. The SMILES string of the molecule is C=C(CNCC)CN1CCN(c2ccc(Cl)cc2)CC1. The summed E-state index contributed by atoms with van der Waals surface area (Å²) in [5.41, 5.74) is 2.53. The second-order valence-electron chi connectivity index (χ2n) is 5.27. The monoisotopic (exact) mass is 293 g/mol. The van der Waals surface area contributed by atoms with Gasteiger partial charge in [0, 0.05) is 50.0 Å². The topological polar surface area (TPSA) is 18.5 Å². The second-order valence-corrected chi connectivity index (χ2v) is 5.71. The van der Waals surface area contributed by atoms with Crippen LogP contribution in [-0.4, -0.2) is 50.7 Å². The Hall–Kier alpha value is -1.03. The van der Waals surface area contributed by atoms with E-state index in [4.69, 9.17) is 11.6 Å². The van der Waals surface area contributed by atoms with E-state index >= 15 is 0 Å². The van der Waals surface area contributed by atoms with E-state index in [1.165, 1.54) is 11.3 Å². The van der Waals surface area contributed by atoms with Crippen molar-refractivity contribution >= 4 is 17.3 Å². The molecule has 4 heteroatoms. The average molecular weight is 294 g/mol. The lowest BCUT2D eigenvalue weighted by atomic mass is 10.2. The normalized spacial score (nSPS) is 16.4. The molecule has 2 rings (SSSR count). The maximum Gasteiger partial charge on any atom is 0.0407 e. The number of hydrogen-bond acceptors (Lipinski definition) is 3. The van der Waals surface area contributed by atoms with E-state index in [1.54, 1.807) is 0 Å². The first-order chi connectivity index (χ1) is 9.69. The lowest BCUT2D eigenvalue weighted by Crippen LogP contribution is -2.47. The van der Waals surface area contributed by atoms with Crippen LogP contribution in [0.4, 0.5) is 5.69 Å². The van der Waals surface area contributed by atoms with Gasteiger partial charge in [0.1, 0.15) is 0 Å². The third-order valence-electron chi connectivity index (χ3n) is 3.64. The van der Waals surface area contributed by atoms with Gasteiger partial charge < -0.3 is 10.2 Å². The molecule has 1 aliphatic heterocycles. The summed E-state index contributed by atoms with van der Waals surface area (Å²) >= 11 is 5.93. The Labute approximate surface area is 127 Å². The van der Waals surface area contributed by atoms with Gasteiger partial charge in [-0.05, 0) is 36.4 Å². The molecule has 110 valence electrons. The summed E-state index contributed by atoms with van der Waals surface area (Å²) in [5, 5.41) is 4.13. The molecule has 1 aromatic carbocycles. The molecule has 3 nitrogen and oxygen atoms in total. The number of likely N-dealkylation sites (N-methyl/N-ethyl adjacent to an activating group) is 1. The van der Waals surface area contributed by atoms with Gasteiger partial charge in [0.05, 0.1) is 0 Å². The highest BCUT2D eigenvalue weighted by molar-refractivity contribution is 6.30. The minimum absolute atomic E-state index is 0.798. The molecule has 0 aliphatic carbocycles. The molecule has 1 heterocycles. The number of halogens is 1. The fourth-order valence-electron chi connectivity index (χ4n) is 2.49. The van der Waals surface area contributed by atoms with Crippen molar-refractivity contribution in [2.24, 2.45) is 0 Å². The molecule has 1 fully saturated rings. The Morgan fingerprint density at radius 3 is 2.45 bits per heavy atom. The Morgan fingerprint density at radius 2 is 1.85 bits per heavy atom. The van der Waals surface area contributed by atoms with Crippen LogP contribution in [0.15, 0.2) is 36.4 Å². The molecule has 0 atom stereocenters. The fraction of sp³-hybridized carbons (Fsp3) is 0.500. The van der Waals surface area contributed by atoms with Crippen LogP contribution in [0.1, 0.15) is 6.92 Å². The number of hydrogen-bond donors (Lipinski definition) is 1. The van der Waals surface area contributed by atoms with Gasteiger partial charge in [-0.2, -0.15) is 0 Å². The molecule has 0 spiro atoms. The zero-order valence-electron chi connectivity index (χ0n) is 12.2. The fourth-order valence-corrected chi connectivity index (χ4v) is 2.62. The van der Waals surface area contributed by atoms with Gasteiger partial charge in [0.2, 0.25) is 0 Å². The maximum atomic E-state index is 5.93. The summed E-state index contributed by atoms with van der Waals surface area (Å²) in [6.07, 6.45) is 0. The molecular weight excluding hydrogens is 270 g/mol. The molecule has 0 bridgehead atoms. The smallest absolute Gasteiger partial charge is 0.0407 e. The zero-order chi connectivity index (χ0) is 14.4. The van der Waals surface area contributed by atoms with Gasteiger partial charge in [-0.1, -0.05) is 25.1 Å². The summed E-state index contributed by atoms with van der Waals surface area (Å²) in [4.78, 5) is 4.89. The largest absolute Gasteiger partial charge is 0.369 e. The van der Waals surface area contributed by atoms with Gasteiger partial charge in [-0.25, -0.2) is 0 Å². The Balaban J connectivity index is 1.77. The van der Waals surface area contributed by atoms with Crippen LogP contribution >= 0.6 is 11.6 Å². The molecular formula is C16H24ClN3. The van der Waals surface area contributed by atoms with Gasteiger partial charge in [-0.3, -0.25) is 4.90 Å². The number of benzene rings is 1. The first-order valence-corrected chi connectivity index (χ1v) is 7.67. The maximum absolute atomic E-state index is 5.93. The number of nitrogens with one attached hydrogen (secondary N) is 1. The van der Waals surface area contributed by atoms with E-state index in [0.717, 1.165) is 50.8 Å². The lowest BCUT2D eigenvalue weighted by Gasteiger charge is -2.36. The van der Waals surface area contributed by atoms with Crippen molar-refractivity contribution in [3.63, 3.8) is 0 Å². The van der Waals surface area contributed by atoms with Crippen LogP contribution in [0.5, 0.6) is 0 Å². The summed E-state index contributed by atoms with van der Waals surface area (Å²) in [6.45, 7) is 13.5. The van der Waals surface area contributed by atoms with E-state index < -0.39 is 0 Å².